The van der Waals surface area contributed by atoms with Crippen LogP contribution in [-0.2, 0) is 9.53 Å². The Balaban J connectivity index is 2.41. The van der Waals surface area contributed by atoms with Crippen LogP contribution in [0.5, 0.6) is 5.75 Å². The van der Waals surface area contributed by atoms with Crippen molar-refractivity contribution in [1.82, 2.24) is 5.32 Å². The highest BCUT2D eigenvalue weighted by Gasteiger charge is 2.17. The molecule has 0 aliphatic carbocycles. The number of methoxy groups -OCH3 is 2. The van der Waals surface area contributed by atoms with Crippen LogP contribution < -0.4 is 10.1 Å². The Morgan fingerprint density at radius 2 is 2.08 bits per heavy atom. The molecular weight excluding hydrogens is 306 g/mol. The monoisotopic (exact) mass is 331 g/mol. The first-order chi connectivity index (χ1) is 11.4. The third-order valence-electron chi connectivity index (χ3n) is 4.02. The van der Waals surface area contributed by atoms with Gasteiger partial charge in [0.15, 0.2) is 0 Å². The van der Waals surface area contributed by atoms with Crippen molar-refractivity contribution in [3.63, 3.8) is 0 Å². The number of hydrogen-bond acceptors (Lipinski definition) is 4. The van der Waals surface area contributed by atoms with Gasteiger partial charge in [-0.25, -0.2) is 0 Å². The van der Waals surface area contributed by atoms with E-state index in [2.05, 4.69) is 5.32 Å². The van der Waals surface area contributed by atoms with Crippen LogP contribution in [0.3, 0.4) is 0 Å². The van der Waals surface area contributed by atoms with E-state index in [1.54, 1.807) is 26.6 Å². The molecule has 0 saturated heterocycles. The van der Waals surface area contributed by atoms with Crippen LogP contribution in [0.25, 0.3) is 16.5 Å². The first-order valence-corrected chi connectivity index (χ1v) is 7.92. The Morgan fingerprint density at radius 1 is 1.38 bits per heavy atom. The quantitative estimate of drug-likeness (QED) is 0.822. The number of carbonyl (C=O) groups excluding carboxylic acids is 1. The Labute approximate surface area is 142 Å². The molecule has 5 nitrogen and oxygen atoms in total. The van der Waals surface area contributed by atoms with Crippen LogP contribution >= 0.6 is 0 Å². The fraction of sp³-hybridized carbons (Fsp3) is 0.421. The molecule has 0 bridgehead atoms. The number of benzene rings is 1. The zero-order valence-corrected chi connectivity index (χ0v) is 15.1. The molecule has 2 aromatic rings. The van der Waals surface area contributed by atoms with E-state index in [4.69, 9.17) is 13.9 Å². The third-order valence-corrected chi connectivity index (χ3v) is 4.02. The number of aryl methyl sites for hydroxylation is 2. The van der Waals surface area contributed by atoms with Gasteiger partial charge in [-0.05, 0) is 44.9 Å². The zero-order valence-electron chi connectivity index (χ0n) is 15.1. The molecule has 1 N–H and O–H groups in total. The van der Waals surface area contributed by atoms with Crippen LogP contribution in [-0.4, -0.2) is 32.8 Å². The number of ether oxygens (including phenoxy) is 2. The van der Waals surface area contributed by atoms with E-state index < -0.39 is 0 Å². The Bertz CT molecular complexity index is 773. The fourth-order valence-electron chi connectivity index (χ4n) is 2.84. The van der Waals surface area contributed by atoms with Crippen LogP contribution in [0.1, 0.15) is 30.5 Å². The average molecular weight is 331 g/mol. The van der Waals surface area contributed by atoms with Crippen molar-refractivity contribution >= 4 is 22.4 Å². The molecule has 1 unspecified atom stereocenters. The van der Waals surface area contributed by atoms with Gasteiger partial charge < -0.3 is 19.2 Å². The van der Waals surface area contributed by atoms with Crippen molar-refractivity contribution in [2.45, 2.75) is 33.7 Å². The third kappa shape index (κ3) is 3.62. The van der Waals surface area contributed by atoms with Gasteiger partial charge in [0.2, 0.25) is 5.91 Å². The van der Waals surface area contributed by atoms with Gasteiger partial charge in [-0.1, -0.05) is 0 Å². The van der Waals surface area contributed by atoms with Crippen molar-refractivity contribution in [1.29, 1.82) is 0 Å². The van der Waals surface area contributed by atoms with Gasteiger partial charge in [0, 0.05) is 35.7 Å². The van der Waals surface area contributed by atoms with Crippen LogP contribution in [0.4, 0.5) is 0 Å². The number of fused-ring (bicyclic) bond motifs is 1. The topological polar surface area (TPSA) is 60.7 Å². The first kappa shape index (κ1) is 18.1. The maximum Gasteiger partial charge on any atom is 0.244 e. The van der Waals surface area contributed by atoms with Gasteiger partial charge in [-0.3, -0.25) is 4.79 Å². The smallest absolute Gasteiger partial charge is 0.244 e. The summed E-state index contributed by atoms with van der Waals surface area (Å²) in [6, 6.07) is 1.96. The van der Waals surface area contributed by atoms with Gasteiger partial charge in [-0.2, -0.15) is 0 Å². The summed E-state index contributed by atoms with van der Waals surface area (Å²) in [6.07, 6.45) is 3.32. The zero-order chi connectivity index (χ0) is 17.9. The SMILES string of the molecule is COCC(C)NC(=O)/C=C(\C)c1cc2c(C)coc2c(C)c1OC. The van der Waals surface area contributed by atoms with E-state index in [1.807, 2.05) is 33.8 Å². The molecule has 1 heterocycles. The number of nitrogens with one attached hydrogen (secondary N) is 1. The maximum absolute atomic E-state index is 12.2. The molecule has 1 aromatic heterocycles. The lowest BCUT2D eigenvalue weighted by Gasteiger charge is -2.14. The van der Waals surface area contributed by atoms with Crippen molar-refractivity contribution in [3.8, 4) is 5.75 Å². The minimum absolute atomic E-state index is 0.0474. The summed E-state index contributed by atoms with van der Waals surface area (Å²) in [5.74, 6) is 0.573. The number of amides is 1. The summed E-state index contributed by atoms with van der Waals surface area (Å²) >= 11 is 0. The van der Waals surface area contributed by atoms with Crippen molar-refractivity contribution in [3.05, 3.63) is 35.1 Å². The normalized spacial score (nSPS) is 13.2. The highest BCUT2D eigenvalue weighted by molar-refractivity contribution is 5.98. The Morgan fingerprint density at radius 3 is 2.71 bits per heavy atom. The Hall–Kier alpha value is -2.27. The molecule has 1 amide bonds. The summed E-state index contributed by atoms with van der Waals surface area (Å²) < 4.78 is 16.2. The standard InChI is InChI=1S/C19H25NO4/c1-11(7-17(21)20-13(3)10-22-5)15-8-16-12(2)9-24-19(16)14(4)18(15)23-6/h7-9,13H,10H2,1-6H3,(H,20,21)/b11-7+. The first-order valence-electron chi connectivity index (χ1n) is 7.92. The van der Waals surface area contributed by atoms with E-state index in [0.29, 0.717) is 6.61 Å². The molecule has 2 rings (SSSR count). The lowest BCUT2D eigenvalue weighted by atomic mass is 9.98. The lowest BCUT2D eigenvalue weighted by molar-refractivity contribution is -0.117. The molecule has 0 spiro atoms. The molecular formula is C19H25NO4. The number of rotatable bonds is 6. The van der Waals surface area contributed by atoms with Crippen molar-refractivity contribution < 1.29 is 18.7 Å². The highest BCUT2D eigenvalue weighted by atomic mass is 16.5. The van der Waals surface area contributed by atoms with Crippen LogP contribution in [0, 0.1) is 13.8 Å². The minimum atomic E-state index is -0.152. The number of allylic oxidation sites excluding steroid dienone is 1. The molecule has 0 aliphatic heterocycles. The molecule has 5 heteroatoms. The van der Waals surface area contributed by atoms with E-state index in [1.165, 1.54) is 0 Å². The van der Waals surface area contributed by atoms with Gasteiger partial charge >= 0.3 is 0 Å². The second kappa shape index (κ2) is 7.53. The van der Waals surface area contributed by atoms with E-state index in [9.17, 15) is 4.79 Å². The number of carbonyl (C=O) groups is 1. The molecule has 1 aromatic carbocycles. The van der Waals surface area contributed by atoms with E-state index in [-0.39, 0.29) is 11.9 Å². The van der Waals surface area contributed by atoms with Gasteiger partial charge in [0.05, 0.1) is 20.0 Å². The number of furan rings is 1. The van der Waals surface area contributed by atoms with Crippen LogP contribution in [0.15, 0.2) is 22.8 Å². The van der Waals surface area contributed by atoms with Gasteiger partial charge in [0.1, 0.15) is 11.3 Å². The highest BCUT2D eigenvalue weighted by Crippen LogP contribution is 2.37. The largest absolute Gasteiger partial charge is 0.496 e. The lowest BCUT2D eigenvalue weighted by Crippen LogP contribution is -2.34. The predicted molar refractivity (Wildman–Crippen MR) is 95.4 cm³/mol. The molecule has 0 saturated carbocycles. The van der Waals surface area contributed by atoms with Crippen molar-refractivity contribution in [2.75, 3.05) is 20.8 Å². The molecule has 24 heavy (non-hydrogen) atoms. The second-order valence-electron chi connectivity index (χ2n) is 6.07. The summed E-state index contributed by atoms with van der Waals surface area (Å²) in [6.45, 7) is 8.23. The molecule has 1 atom stereocenters. The summed E-state index contributed by atoms with van der Waals surface area (Å²) in [7, 11) is 3.24. The Kier molecular flexibility index (Phi) is 5.67. The summed E-state index contributed by atoms with van der Waals surface area (Å²) in [5, 5.41) is 3.91. The fourth-order valence-corrected chi connectivity index (χ4v) is 2.84. The average Bonchev–Trinajstić information content (AvgIpc) is 2.88. The van der Waals surface area contributed by atoms with Crippen LogP contribution in [0.2, 0.25) is 0 Å². The minimum Gasteiger partial charge on any atom is -0.496 e. The van der Waals surface area contributed by atoms with Gasteiger partial charge in [-0.15, -0.1) is 0 Å². The summed E-state index contributed by atoms with van der Waals surface area (Å²) in [5.41, 5.74) is 4.53. The van der Waals surface area contributed by atoms with Gasteiger partial charge in [0.25, 0.3) is 0 Å². The van der Waals surface area contributed by atoms with E-state index >= 15 is 0 Å². The molecule has 0 radical (unpaired) electrons. The number of hydrogen-bond donors (Lipinski definition) is 1. The predicted octanol–water partition coefficient (Wildman–Crippen LogP) is 3.61. The maximum atomic E-state index is 12.2. The molecule has 0 fully saturated rings. The summed E-state index contributed by atoms with van der Waals surface area (Å²) in [4.78, 5) is 12.2. The van der Waals surface area contributed by atoms with E-state index in [0.717, 1.165) is 39.0 Å². The molecule has 130 valence electrons. The van der Waals surface area contributed by atoms with Crippen molar-refractivity contribution in [2.24, 2.45) is 0 Å². The second-order valence-corrected chi connectivity index (χ2v) is 6.07. The molecule has 0 aliphatic rings.